The summed E-state index contributed by atoms with van der Waals surface area (Å²) in [5.41, 5.74) is 2.30. The van der Waals surface area contributed by atoms with Gasteiger partial charge in [-0.05, 0) is 38.2 Å². The van der Waals surface area contributed by atoms with Crippen LogP contribution in [-0.4, -0.2) is 17.8 Å². The molecule has 1 aliphatic rings. The summed E-state index contributed by atoms with van der Waals surface area (Å²) in [5.74, 6) is 0.677. The topological polar surface area (TPSA) is 45.4 Å². The van der Waals surface area contributed by atoms with Crippen molar-refractivity contribution in [3.63, 3.8) is 0 Å². The highest BCUT2D eigenvalue weighted by molar-refractivity contribution is 5.13. The molecule has 3 heteroatoms. The molecule has 18 heavy (non-hydrogen) atoms. The van der Waals surface area contributed by atoms with E-state index >= 15 is 0 Å². The molecule has 1 aromatic rings. The van der Waals surface area contributed by atoms with E-state index in [0.717, 1.165) is 12.0 Å². The zero-order chi connectivity index (χ0) is 13.0. The predicted molar refractivity (Wildman–Crippen MR) is 72.2 cm³/mol. The molecular formula is C15H23NO2. The smallest absolute Gasteiger partial charge is 0.0950 e. The third kappa shape index (κ3) is 3.24. The van der Waals surface area contributed by atoms with Gasteiger partial charge < -0.3 is 14.8 Å². The van der Waals surface area contributed by atoms with Crippen LogP contribution in [0.2, 0.25) is 0 Å². The predicted octanol–water partition coefficient (Wildman–Crippen LogP) is 3.04. The van der Waals surface area contributed by atoms with Crippen molar-refractivity contribution >= 4 is 0 Å². The van der Waals surface area contributed by atoms with E-state index in [1.165, 1.54) is 18.4 Å². The van der Waals surface area contributed by atoms with Gasteiger partial charge in [-0.1, -0.05) is 18.6 Å². The highest BCUT2D eigenvalue weighted by atomic mass is 16.3. The van der Waals surface area contributed by atoms with Crippen LogP contribution in [0.25, 0.3) is 0 Å². The van der Waals surface area contributed by atoms with E-state index in [4.69, 9.17) is 9.52 Å². The maximum absolute atomic E-state index is 9.03. The van der Waals surface area contributed by atoms with Gasteiger partial charge in [-0.25, -0.2) is 0 Å². The van der Waals surface area contributed by atoms with Crippen LogP contribution in [0.4, 0.5) is 0 Å². The maximum Gasteiger partial charge on any atom is 0.0950 e. The molecule has 1 fully saturated rings. The summed E-state index contributed by atoms with van der Waals surface area (Å²) in [4.78, 5) is 0. The third-order valence-electron chi connectivity index (χ3n) is 3.93. The molecule has 3 nitrogen and oxygen atoms in total. The highest BCUT2D eigenvalue weighted by Crippen LogP contribution is 2.30. The van der Waals surface area contributed by atoms with Gasteiger partial charge in [0.2, 0.25) is 0 Å². The number of hydrogen-bond acceptors (Lipinski definition) is 3. The summed E-state index contributed by atoms with van der Waals surface area (Å²) in [5, 5.41) is 12.7. The summed E-state index contributed by atoms with van der Waals surface area (Å²) < 4.78 is 5.16. The van der Waals surface area contributed by atoms with Crippen molar-refractivity contribution in [1.29, 1.82) is 0 Å². The quantitative estimate of drug-likeness (QED) is 0.806. The first kappa shape index (κ1) is 13.4. The molecule has 1 aromatic heterocycles. The minimum atomic E-state index is 0.159. The van der Waals surface area contributed by atoms with Crippen LogP contribution in [0.3, 0.4) is 0 Å². The highest BCUT2D eigenvalue weighted by Gasteiger charge is 2.27. The van der Waals surface area contributed by atoms with E-state index in [-0.39, 0.29) is 6.61 Å². The molecule has 0 radical (unpaired) electrons. The van der Waals surface area contributed by atoms with E-state index in [9.17, 15) is 0 Å². The lowest BCUT2D eigenvalue weighted by Gasteiger charge is -2.35. The standard InChI is InChI=1S/C15H23NO2/c1-11(9-17)3-5-14-12(2)4-6-15(16-14)13-7-8-18-10-13/h3,7-8,10,12,14-17H,4-6,9H2,1-2H3/t12-,14-,15-/m1/s1. The van der Waals surface area contributed by atoms with Gasteiger partial charge in [0.25, 0.3) is 0 Å². The summed E-state index contributed by atoms with van der Waals surface area (Å²) in [7, 11) is 0. The first-order valence-electron chi connectivity index (χ1n) is 6.75. The second-order valence-electron chi connectivity index (χ2n) is 5.38. The maximum atomic E-state index is 9.03. The number of aliphatic hydroxyl groups excluding tert-OH is 1. The Morgan fingerprint density at radius 3 is 3.06 bits per heavy atom. The number of aliphatic hydroxyl groups is 1. The lowest BCUT2D eigenvalue weighted by molar-refractivity contribution is 0.246. The molecule has 2 rings (SSSR count). The Morgan fingerprint density at radius 2 is 2.39 bits per heavy atom. The van der Waals surface area contributed by atoms with Crippen LogP contribution in [-0.2, 0) is 0 Å². The van der Waals surface area contributed by atoms with E-state index < -0.39 is 0 Å². The first-order valence-corrected chi connectivity index (χ1v) is 6.75. The van der Waals surface area contributed by atoms with Crippen LogP contribution in [0.1, 0.15) is 44.7 Å². The Balaban J connectivity index is 1.97. The van der Waals surface area contributed by atoms with Gasteiger partial charge in [-0.2, -0.15) is 0 Å². The van der Waals surface area contributed by atoms with Gasteiger partial charge in [0.05, 0.1) is 19.1 Å². The minimum absolute atomic E-state index is 0.159. The van der Waals surface area contributed by atoms with Crippen molar-refractivity contribution in [1.82, 2.24) is 5.32 Å². The molecule has 2 heterocycles. The molecule has 100 valence electrons. The van der Waals surface area contributed by atoms with Crippen LogP contribution >= 0.6 is 0 Å². The Kier molecular flexibility index (Phi) is 4.61. The summed E-state index contributed by atoms with van der Waals surface area (Å²) >= 11 is 0. The zero-order valence-corrected chi connectivity index (χ0v) is 11.2. The Bertz CT molecular complexity index is 383. The van der Waals surface area contributed by atoms with Gasteiger partial charge in [0.1, 0.15) is 0 Å². The number of nitrogens with one attached hydrogen (secondary N) is 1. The molecular weight excluding hydrogens is 226 g/mol. The molecule has 1 saturated heterocycles. The van der Waals surface area contributed by atoms with Crippen molar-refractivity contribution in [2.24, 2.45) is 5.92 Å². The summed E-state index contributed by atoms with van der Waals surface area (Å²) in [6.45, 7) is 4.43. The lowest BCUT2D eigenvalue weighted by Crippen LogP contribution is -2.41. The fraction of sp³-hybridized carbons (Fsp3) is 0.600. The molecule has 0 amide bonds. The summed E-state index contributed by atoms with van der Waals surface area (Å²) in [6, 6.07) is 2.94. The Labute approximate surface area is 109 Å². The second kappa shape index (κ2) is 6.21. The van der Waals surface area contributed by atoms with Gasteiger partial charge in [-0.15, -0.1) is 0 Å². The van der Waals surface area contributed by atoms with Gasteiger partial charge in [0, 0.05) is 17.6 Å². The number of hydrogen-bond donors (Lipinski definition) is 2. The van der Waals surface area contributed by atoms with E-state index in [2.05, 4.69) is 18.3 Å². The molecule has 0 spiro atoms. The monoisotopic (exact) mass is 249 g/mol. The number of rotatable bonds is 4. The molecule has 0 saturated carbocycles. The average Bonchev–Trinajstić information content (AvgIpc) is 2.91. The van der Waals surface area contributed by atoms with E-state index in [1.807, 2.05) is 19.3 Å². The molecule has 3 atom stereocenters. The number of furan rings is 1. The summed E-state index contributed by atoms with van der Waals surface area (Å²) in [6.07, 6.45) is 9.10. The van der Waals surface area contributed by atoms with Crippen molar-refractivity contribution in [3.05, 3.63) is 35.8 Å². The fourth-order valence-corrected chi connectivity index (χ4v) is 2.57. The van der Waals surface area contributed by atoms with Crippen molar-refractivity contribution in [3.8, 4) is 0 Å². The second-order valence-corrected chi connectivity index (χ2v) is 5.38. The molecule has 1 aliphatic heterocycles. The van der Waals surface area contributed by atoms with Crippen LogP contribution in [0.5, 0.6) is 0 Å². The van der Waals surface area contributed by atoms with Crippen LogP contribution in [0.15, 0.2) is 34.7 Å². The molecule has 2 N–H and O–H groups in total. The Morgan fingerprint density at radius 1 is 1.56 bits per heavy atom. The Hall–Kier alpha value is -1.06. The molecule has 0 aromatic carbocycles. The molecule has 0 aliphatic carbocycles. The minimum Gasteiger partial charge on any atom is -0.472 e. The first-order chi connectivity index (χ1) is 8.70. The molecule has 0 unspecified atom stereocenters. The molecule has 0 bridgehead atoms. The normalized spacial score (nSPS) is 29.5. The van der Waals surface area contributed by atoms with E-state index in [1.54, 1.807) is 6.26 Å². The van der Waals surface area contributed by atoms with E-state index in [0.29, 0.717) is 18.0 Å². The number of piperidine rings is 1. The third-order valence-corrected chi connectivity index (χ3v) is 3.93. The van der Waals surface area contributed by atoms with Crippen LogP contribution in [0, 0.1) is 5.92 Å². The van der Waals surface area contributed by atoms with Gasteiger partial charge >= 0.3 is 0 Å². The van der Waals surface area contributed by atoms with Crippen molar-refractivity contribution in [2.45, 2.75) is 45.2 Å². The van der Waals surface area contributed by atoms with Gasteiger partial charge in [0.15, 0.2) is 0 Å². The fourth-order valence-electron chi connectivity index (χ4n) is 2.57. The largest absolute Gasteiger partial charge is 0.472 e. The SMILES string of the molecule is CC(=CC[C@H]1N[C@@H](c2ccoc2)CC[C@H]1C)CO. The zero-order valence-electron chi connectivity index (χ0n) is 11.2. The van der Waals surface area contributed by atoms with Crippen LogP contribution < -0.4 is 5.32 Å². The van der Waals surface area contributed by atoms with Crippen molar-refractivity contribution in [2.75, 3.05) is 6.61 Å². The lowest BCUT2D eigenvalue weighted by atomic mass is 9.85. The van der Waals surface area contributed by atoms with Gasteiger partial charge in [-0.3, -0.25) is 0 Å². The van der Waals surface area contributed by atoms with Crippen molar-refractivity contribution < 1.29 is 9.52 Å². The average molecular weight is 249 g/mol.